The van der Waals surface area contributed by atoms with E-state index in [1.807, 2.05) is 20.8 Å². The summed E-state index contributed by atoms with van der Waals surface area (Å²) in [5.74, 6) is 0.398. The van der Waals surface area contributed by atoms with Crippen molar-refractivity contribution in [2.75, 3.05) is 62.9 Å². The lowest BCUT2D eigenvalue weighted by molar-refractivity contribution is 0.0952. The van der Waals surface area contributed by atoms with Crippen molar-refractivity contribution in [1.29, 1.82) is 0 Å². The highest BCUT2D eigenvalue weighted by Crippen LogP contribution is 2.28. The van der Waals surface area contributed by atoms with Crippen molar-refractivity contribution >= 4 is 46.4 Å². The Bertz CT molecular complexity index is 2300. The molecule has 320 valence electrons. The molecule has 0 aliphatic carbocycles. The van der Waals surface area contributed by atoms with Crippen LogP contribution >= 0.6 is 0 Å². The van der Waals surface area contributed by atoms with Gasteiger partial charge in [-0.1, -0.05) is 0 Å². The fourth-order valence-corrected chi connectivity index (χ4v) is 5.91. The van der Waals surface area contributed by atoms with E-state index < -0.39 is 0 Å². The average Bonchev–Trinajstić information content (AvgIpc) is 3.27. The van der Waals surface area contributed by atoms with Crippen molar-refractivity contribution in [2.24, 2.45) is 0 Å². The summed E-state index contributed by atoms with van der Waals surface area (Å²) in [5.41, 5.74) is 4.19. The van der Waals surface area contributed by atoms with Crippen LogP contribution in [0.15, 0.2) is 103 Å². The molecule has 4 N–H and O–H groups in total. The number of anilines is 4. The van der Waals surface area contributed by atoms with Crippen LogP contribution in [0.5, 0.6) is 23.0 Å². The second-order valence-electron chi connectivity index (χ2n) is 14.1. The number of methoxy groups -OCH3 is 4. The van der Waals surface area contributed by atoms with Crippen molar-refractivity contribution in [3.63, 3.8) is 0 Å². The van der Waals surface area contributed by atoms with E-state index >= 15 is 0 Å². The number of amides is 4. The van der Waals surface area contributed by atoms with Gasteiger partial charge in [0.25, 0.3) is 23.6 Å². The quantitative estimate of drug-likeness (QED) is 0.0595. The molecule has 0 aromatic heterocycles. The van der Waals surface area contributed by atoms with Crippen molar-refractivity contribution in [1.82, 2.24) is 0 Å². The topological polar surface area (TPSA) is 172 Å². The summed E-state index contributed by atoms with van der Waals surface area (Å²) in [6.45, 7) is 6.64. The van der Waals surface area contributed by atoms with Crippen LogP contribution in [-0.4, -0.2) is 77.5 Å². The summed E-state index contributed by atoms with van der Waals surface area (Å²) < 4.78 is 32.9. The smallest absolute Gasteiger partial charge is 0.259 e. The number of benzene rings is 5. The lowest BCUT2D eigenvalue weighted by Gasteiger charge is -2.14. The Kier molecular flexibility index (Phi) is 16.2. The van der Waals surface area contributed by atoms with Crippen LogP contribution in [0.25, 0.3) is 0 Å². The van der Waals surface area contributed by atoms with Gasteiger partial charge >= 0.3 is 0 Å². The Morgan fingerprint density at radius 1 is 0.492 bits per heavy atom. The predicted molar refractivity (Wildman–Crippen MR) is 235 cm³/mol. The monoisotopic (exact) mass is 832 g/mol. The van der Waals surface area contributed by atoms with E-state index in [1.165, 1.54) is 14.2 Å². The fourth-order valence-electron chi connectivity index (χ4n) is 5.91. The first kappa shape index (κ1) is 45.2. The number of aryl methyl sites for hydroxylation is 1. The molecule has 0 saturated heterocycles. The Morgan fingerprint density at radius 2 is 0.902 bits per heavy atom. The summed E-state index contributed by atoms with van der Waals surface area (Å²) in [6.07, 6.45) is 1.56. The van der Waals surface area contributed by atoms with Crippen LogP contribution in [0.4, 0.5) is 22.7 Å². The molecule has 14 nitrogen and oxygen atoms in total. The highest BCUT2D eigenvalue weighted by Gasteiger charge is 2.17. The Morgan fingerprint density at radius 3 is 1.31 bits per heavy atom. The molecule has 5 rings (SSSR count). The van der Waals surface area contributed by atoms with E-state index in [0.29, 0.717) is 94.1 Å². The van der Waals surface area contributed by atoms with E-state index in [9.17, 15) is 19.2 Å². The summed E-state index contributed by atoms with van der Waals surface area (Å²) in [7, 11) is 6.26. The van der Waals surface area contributed by atoms with Gasteiger partial charge in [0.2, 0.25) is 0 Å². The standard InChI is InChI=1S/C47H52N4O10/c1-29-26-36(50-44(52)32-8-12-34(13-9-32)48-46(54)39-19-17-37(27-42(39)58-6)60-24-22-30(2)56-4)16-21-41(29)51-45(53)33-10-14-35(15-11-33)49-47(55)40-20-18-38(28-43(40)59-7)61-25-23-31(3)57-5/h8-21,26-28,30-31H,22-25H2,1-7H3,(H,48,54)(H,49,55)(H,50,52)(H,51,53). The molecule has 4 amide bonds. The molecule has 5 aromatic rings. The minimum absolute atomic E-state index is 0.0651. The van der Waals surface area contributed by atoms with Gasteiger partial charge in [-0.25, -0.2) is 0 Å². The third kappa shape index (κ3) is 12.8. The molecule has 61 heavy (non-hydrogen) atoms. The van der Waals surface area contributed by atoms with Crippen LogP contribution in [0.3, 0.4) is 0 Å². The second kappa shape index (κ2) is 21.9. The van der Waals surface area contributed by atoms with E-state index in [-0.39, 0.29) is 35.8 Å². The van der Waals surface area contributed by atoms with Gasteiger partial charge in [0.05, 0.1) is 50.8 Å². The molecule has 0 radical (unpaired) electrons. The zero-order valence-corrected chi connectivity index (χ0v) is 35.4. The lowest BCUT2D eigenvalue weighted by atomic mass is 10.1. The van der Waals surface area contributed by atoms with Crippen LogP contribution in [-0.2, 0) is 9.47 Å². The molecule has 0 aliphatic rings. The second-order valence-corrected chi connectivity index (χ2v) is 14.1. The number of carbonyl (C=O) groups excluding carboxylic acids is 4. The fraction of sp³-hybridized carbons (Fsp3) is 0.277. The maximum absolute atomic E-state index is 13.2. The first-order valence-corrected chi connectivity index (χ1v) is 19.6. The summed E-state index contributed by atoms with van der Waals surface area (Å²) in [4.78, 5) is 52.5. The molecule has 0 fully saturated rings. The van der Waals surface area contributed by atoms with Crippen molar-refractivity contribution in [2.45, 2.75) is 45.8 Å². The van der Waals surface area contributed by atoms with Crippen LogP contribution in [0, 0.1) is 6.92 Å². The normalized spacial score (nSPS) is 11.7. The average molecular weight is 833 g/mol. The van der Waals surface area contributed by atoms with E-state index in [2.05, 4.69) is 21.3 Å². The molecule has 0 bridgehead atoms. The SMILES string of the molecule is COc1cc(OCCC(C)OC)ccc1C(=O)Nc1ccc(C(=O)Nc2ccc(NC(=O)c3ccc(NC(=O)c4ccc(OCCC(C)OC)cc4OC)cc3)c(C)c2)cc1. The largest absolute Gasteiger partial charge is 0.496 e. The number of hydrogen-bond acceptors (Lipinski definition) is 10. The number of hydrogen-bond donors (Lipinski definition) is 4. The van der Waals surface area contributed by atoms with Gasteiger partial charge in [-0.2, -0.15) is 0 Å². The Balaban J connectivity index is 1.11. The van der Waals surface area contributed by atoms with E-state index in [4.69, 9.17) is 28.4 Å². The maximum Gasteiger partial charge on any atom is 0.259 e. The lowest BCUT2D eigenvalue weighted by Crippen LogP contribution is -2.16. The van der Waals surface area contributed by atoms with Gasteiger partial charge in [0.1, 0.15) is 23.0 Å². The third-order valence-electron chi connectivity index (χ3n) is 9.77. The summed E-state index contributed by atoms with van der Waals surface area (Å²) in [5, 5.41) is 11.4. The molecule has 0 heterocycles. The van der Waals surface area contributed by atoms with Crippen molar-refractivity contribution in [3.8, 4) is 23.0 Å². The molecular formula is C47H52N4O10. The number of carbonyl (C=O) groups is 4. The van der Waals surface area contributed by atoms with Crippen molar-refractivity contribution in [3.05, 3.63) is 131 Å². The number of rotatable bonds is 20. The molecular weight excluding hydrogens is 781 g/mol. The molecule has 0 spiro atoms. The minimum Gasteiger partial charge on any atom is -0.496 e. The highest BCUT2D eigenvalue weighted by atomic mass is 16.5. The van der Waals surface area contributed by atoms with Crippen LogP contribution in [0.1, 0.15) is 73.7 Å². The van der Waals surface area contributed by atoms with Crippen molar-refractivity contribution < 1.29 is 47.6 Å². The van der Waals surface area contributed by atoms with Gasteiger partial charge in [0.15, 0.2) is 0 Å². The Hall–Kier alpha value is -6.90. The number of nitrogens with one attached hydrogen (secondary N) is 4. The predicted octanol–water partition coefficient (Wildman–Crippen LogP) is 8.63. The zero-order chi connectivity index (χ0) is 43.9. The van der Waals surface area contributed by atoms with Crippen LogP contribution < -0.4 is 40.2 Å². The molecule has 5 aromatic carbocycles. The highest BCUT2D eigenvalue weighted by molar-refractivity contribution is 6.09. The number of ether oxygens (including phenoxy) is 6. The first-order chi connectivity index (χ1) is 29.4. The zero-order valence-electron chi connectivity index (χ0n) is 35.4. The van der Waals surface area contributed by atoms with Crippen LogP contribution in [0.2, 0.25) is 0 Å². The molecule has 0 aliphatic heterocycles. The molecule has 2 atom stereocenters. The summed E-state index contributed by atoms with van der Waals surface area (Å²) >= 11 is 0. The molecule has 0 saturated carbocycles. The van der Waals surface area contributed by atoms with Gasteiger partial charge in [-0.15, -0.1) is 0 Å². The Labute approximate surface area is 355 Å². The third-order valence-corrected chi connectivity index (χ3v) is 9.77. The molecule has 2 unspecified atom stereocenters. The van der Waals surface area contributed by atoms with Gasteiger partial charge in [-0.05, 0) is 117 Å². The van der Waals surface area contributed by atoms with Gasteiger partial charge in [-0.3, -0.25) is 19.2 Å². The molecule has 14 heteroatoms. The minimum atomic E-state index is -0.382. The maximum atomic E-state index is 13.2. The van der Waals surface area contributed by atoms with Gasteiger partial charge in [0, 0.05) is 73.1 Å². The van der Waals surface area contributed by atoms with E-state index in [0.717, 1.165) is 5.56 Å². The summed E-state index contributed by atoms with van der Waals surface area (Å²) in [6, 6.07) is 28.1. The van der Waals surface area contributed by atoms with Gasteiger partial charge < -0.3 is 49.7 Å². The van der Waals surface area contributed by atoms with E-state index in [1.54, 1.807) is 117 Å². The first-order valence-electron chi connectivity index (χ1n) is 19.6.